The molecule has 1 aromatic heterocycles. The molecule has 0 amide bonds. The Hall–Kier alpha value is -0.800. The highest BCUT2D eigenvalue weighted by Gasteiger charge is 2.34. The third kappa shape index (κ3) is 1.57. The molecule has 1 atom stereocenters. The van der Waals surface area contributed by atoms with Crippen LogP contribution >= 0.6 is 0 Å². The molecule has 2 heterocycles. The normalized spacial score (nSPS) is 30.1. The Bertz CT molecular complexity index is 283. The van der Waals surface area contributed by atoms with Crippen molar-refractivity contribution in [3.8, 4) is 0 Å². The lowest BCUT2D eigenvalue weighted by molar-refractivity contribution is 0.123. The molecule has 0 aliphatic carbocycles. The molecule has 1 N–H and O–H groups in total. The van der Waals surface area contributed by atoms with E-state index in [-0.39, 0.29) is 5.54 Å². The maximum Gasteiger partial charge on any atom is 0.125 e. The minimum Gasteiger partial charge on any atom is -0.467 e. The summed E-state index contributed by atoms with van der Waals surface area (Å²) in [6, 6.07) is 4.02. The summed E-state index contributed by atoms with van der Waals surface area (Å²) in [5.74, 6) is 1.05. The van der Waals surface area contributed by atoms with Gasteiger partial charge in [-0.15, -0.1) is 0 Å². The zero-order chi connectivity index (χ0) is 10.0. The maximum absolute atomic E-state index is 5.52. The molecule has 0 spiro atoms. The molecule has 78 valence electrons. The van der Waals surface area contributed by atoms with Crippen LogP contribution in [0.2, 0.25) is 0 Å². The second kappa shape index (κ2) is 3.75. The maximum atomic E-state index is 5.52. The molecular weight excluding hydrogens is 176 g/mol. The van der Waals surface area contributed by atoms with Crippen molar-refractivity contribution in [1.29, 1.82) is 0 Å². The summed E-state index contributed by atoms with van der Waals surface area (Å²) < 4.78 is 5.52. The average Bonchev–Trinajstić information content (AvgIpc) is 2.64. The number of nitrogens with zero attached hydrogens (tertiary/aromatic N) is 1. The number of rotatable bonds is 1. The summed E-state index contributed by atoms with van der Waals surface area (Å²) in [4.78, 5) is 2.37. The molecule has 1 aliphatic rings. The fourth-order valence-corrected chi connectivity index (χ4v) is 2.01. The number of hydrogen-bond acceptors (Lipinski definition) is 3. The van der Waals surface area contributed by atoms with Crippen LogP contribution < -0.4 is 5.32 Å². The van der Waals surface area contributed by atoms with Gasteiger partial charge in [0, 0.05) is 13.1 Å². The van der Waals surface area contributed by atoms with Gasteiger partial charge in [0.05, 0.1) is 11.8 Å². The summed E-state index contributed by atoms with van der Waals surface area (Å²) in [6.45, 7) is 5.39. The largest absolute Gasteiger partial charge is 0.467 e. The molecule has 0 bridgehead atoms. The first kappa shape index (κ1) is 9.74. The Balaban J connectivity index is 2.27. The van der Waals surface area contributed by atoms with Crippen molar-refractivity contribution in [2.45, 2.75) is 18.9 Å². The molecule has 1 fully saturated rings. The van der Waals surface area contributed by atoms with Crippen LogP contribution in [0, 0.1) is 0 Å². The molecule has 14 heavy (non-hydrogen) atoms. The first-order valence-corrected chi connectivity index (χ1v) is 5.19. The van der Waals surface area contributed by atoms with Gasteiger partial charge in [-0.3, -0.25) is 4.90 Å². The molecule has 1 aliphatic heterocycles. The monoisotopic (exact) mass is 194 g/mol. The van der Waals surface area contributed by atoms with Crippen LogP contribution in [0.1, 0.15) is 19.1 Å². The quantitative estimate of drug-likeness (QED) is 0.733. The van der Waals surface area contributed by atoms with Crippen LogP contribution in [0.3, 0.4) is 0 Å². The highest BCUT2D eigenvalue weighted by molar-refractivity contribution is 5.13. The van der Waals surface area contributed by atoms with Gasteiger partial charge in [-0.1, -0.05) is 0 Å². The van der Waals surface area contributed by atoms with Crippen molar-refractivity contribution in [2.75, 3.05) is 26.7 Å². The van der Waals surface area contributed by atoms with E-state index < -0.39 is 0 Å². The lowest BCUT2D eigenvalue weighted by Crippen LogP contribution is -2.46. The predicted molar refractivity (Wildman–Crippen MR) is 56.2 cm³/mol. The molecular formula is C11H18N2O. The van der Waals surface area contributed by atoms with Gasteiger partial charge in [-0.2, -0.15) is 0 Å². The summed E-state index contributed by atoms with van der Waals surface area (Å²) in [5.41, 5.74) is 0. The van der Waals surface area contributed by atoms with Crippen molar-refractivity contribution >= 4 is 0 Å². The van der Waals surface area contributed by atoms with E-state index in [1.165, 1.54) is 6.42 Å². The third-order valence-electron chi connectivity index (χ3n) is 3.21. The van der Waals surface area contributed by atoms with Gasteiger partial charge in [-0.25, -0.2) is 0 Å². The Morgan fingerprint density at radius 1 is 1.57 bits per heavy atom. The van der Waals surface area contributed by atoms with E-state index >= 15 is 0 Å². The Kier molecular flexibility index (Phi) is 2.61. The highest BCUT2D eigenvalue weighted by Crippen LogP contribution is 2.28. The standard InChI is InChI=1S/C11H18N2O/c1-11(10-5-3-8-14-10)9-12-6-4-7-13(11)2/h3,5,8,12H,4,6-7,9H2,1-2H3. The summed E-state index contributed by atoms with van der Waals surface area (Å²) in [5, 5.41) is 3.45. The number of likely N-dealkylation sites (N-methyl/N-ethyl adjacent to an activating group) is 1. The Morgan fingerprint density at radius 2 is 2.43 bits per heavy atom. The van der Waals surface area contributed by atoms with Gasteiger partial charge in [0.25, 0.3) is 0 Å². The van der Waals surface area contributed by atoms with E-state index in [1.54, 1.807) is 6.26 Å². The molecule has 1 saturated heterocycles. The number of hydrogen-bond donors (Lipinski definition) is 1. The van der Waals surface area contributed by atoms with E-state index in [9.17, 15) is 0 Å². The molecule has 0 saturated carbocycles. The fourth-order valence-electron chi connectivity index (χ4n) is 2.01. The second-order valence-corrected chi connectivity index (χ2v) is 4.20. The Labute approximate surface area is 85.1 Å². The lowest BCUT2D eigenvalue weighted by atomic mass is 9.97. The molecule has 1 aromatic rings. The SMILES string of the molecule is CN1CCCNCC1(C)c1ccco1. The topological polar surface area (TPSA) is 28.4 Å². The highest BCUT2D eigenvalue weighted by atomic mass is 16.3. The lowest BCUT2D eigenvalue weighted by Gasteiger charge is -2.35. The van der Waals surface area contributed by atoms with E-state index in [4.69, 9.17) is 4.42 Å². The zero-order valence-corrected chi connectivity index (χ0v) is 8.92. The predicted octanol–water partition coefficient (Wildman–Crippen LogP) is 1.42. The number of nitrogens with one attached hydrogen (secondary N) is 1. The van der Waals surface area contributed by atoms with Crippen LogP contribution in [0.4, 0.5) is 0 Å². The van der Waals surface area contributed by atoms with Crippen LogP contribution in [0.25, 0.3) is 0 Å². The van der Waals surface area contributed by atoms with Gasteiger partial charge >= 0.3 is 0 Å². The second-order valence-electron chi connectivity index (χ2n) is 4.20. The zero-order valence-electron chi connectivity index (χ0n) is 8.92. The Morgan fingerprint density at radius 3 is 3.14 bits per heavy atom. The van der Waals surface area contributed by atoms with Gasteiger partial charge < -0.3 is 9.73 Å². The van der Waals surface area contributed by atoms with E-state index in [0.717, 1.165) is 25.4 Å². The van der Waals surface area contributed by atoms with Crippen LogP contribution in [-0.4, -0.2) is 31.6 Å². The third-order valence-corrected chi connectivity index (χ3v) is 3.21. The minimum atomic E-state index is 0. The summed E-state index contributed by atoms with van der Waals surface area (Å²) in [6.07, 6.45) is 2.95. The van der Waals surface area contributed by atoms with Gasteiger partial charge in [0.1, 0.15) is 5.76 Å². The van der Waals surface area contributed by atoms with Crippen molar-refractivity contribution in [3.63, 3.8) is 0 Å². The molecule has 3 heteroatoms. The van der Waals surface area contributed by atoms with E-state index in [1.807, 2.05) is 6.07 Å². The number of furan rings is 1. The van der Waals surface area contributed by atoms with Gasteiger partial charge in [0.2, 0.25) is 0 Å². The first-order chi connectivity index (χ1) is 6.73. The molecule has 0 aromatic carbocycles. The van der Waals surface area contributed by atoms with Crippen molar-refractivity contribution < 1.29 is 4.42 Å². The average molecular weight is 194 g/mol. The molecule has 0 radical (unpaired) electrons. The van der Waals surface area contributed by atoms with Crippen molar-refractivity contribution in [1.82, 2.24) is 10.2 Å². The smallest absolute Gasteiger partial charge is 0.125 e. The van der Waals surface area contributed by atoms with Crippen LogP contribution in [0.15, 0.2) is 22.8 Å². The van der Waals surface area contributed by atoms with Crippen molar-refractivity contribution in [3.05, 3.63) is 24.2 Å². The van der Waals surface area contributed by atoms with Gasteiger partial charge in [0.15, 0.2) is 0 Å². The summed E-state index contributed by atoms with van der Waals surface area (Å²) >= 11 is 0. The van der Waals surface area contributed by atoms with Crippen molar-refractivity contribution in [2.24, 2.45) is 0 Å². The van der Waals surface area contributed by atoms with Crippen LogP contribution in [0.5, 0.6) is 0 Å². The first-order valence-electron chi connectivity index (χ1n) is 5.19. The fraction of sp³-hybridized carbons (Fsp3) is 0.636. The summed E-state index contributed by atoms with van der Waals surface area (Å²) in [7, 11) is 2.16. The molecule has 3 nitrogen and oxygen atoms in total. The van der Waals surface area contributed by atoms with Crippen LogP contribution in [-0.2, 0) is 5.54 Å². The minimum absolute atomic E-state index is 0. The molecule has 1 unspecified atom stereocenters. The van der Waals surface area contributed by atoms with E-state index in [2.05, 4.69) is 30.3 Å². The van der Waals surface area contributed by atoms with Gasteiger partial charge in [-0.05, 0) is 39.1 Å². The molecule has 2 rings (SSSR count). The van der Waals surface area contributed by atoms with E-state index in [0.29, 0.717) is 0 Å².